The van der Waals surface area contributed by atoms with Crippen molar-refractivity contribution in [2.75, 3.05) is 0 Å². The van der Waals surface area contributed by atoms with Crippen LogP contribution in [0.3, 0.4) is 0 Å². The summed E-state index contributed by atoms with van der Waals surface area (Å²) in [5, 5.41) is 10.5. The summed E-state index contributed by atoms with van der Waals surface area (Å²) in [5.74, 6) is 2.48. The van der Waals surface area contributed by atoms with Gasteiger partial charge in [-0.25, -0.2) is 0 Å². The molecule has 1 saturated heterocycles. The number of hydrogen-bond donors (Lipinski definition) is 1. The fourth-order valence-corrected chi connectivity index (χ4v) is 7.44. The lowest BCUT2D eigenvalue weighted by atomic mass is 9.45. The highest BCUT2D eigenvalue weighted by molar-refractivity contribution is 5.81. The van der Waals surface area contributed by atoms with Gasteiger partial charge in [0.25, 0.3) is 0 Å². The number of Topliss-reactive ketones (excluding diaryl/α,β-unsaturated/α-hetero) is 1. The van der Waals surface area contributed by atoms with Crippen LogP contribution in [-0.2, 0) is 9.53 Å². The number of aliphatic hydroxyl groups excluding tert-OH is 1. The molecule has 0 aromatic carbocycles. The van der Waals surface area contributed by atoms with Crippen LogP contribution in [0.2, 0.25) is 0 Å². The molecule has 0 aromatic heterocycles. The third-order valence-corrected chi connectivity index (χ3v) is 8.86. The van der Waals surface area contributed by atoms with Gasteiger partial charge in [0.15, 0.2) is 0 Å². The SMILES string of the molecule is C[C@]12CC[C@@H]3[C@@H](CC4OC45CC(=O)CC[C@]35C)[C@@H]1CCC2O. The lowest BCUT2D eigenvalue weighted by Gasteiger charge is -2.58. The highest BCUT2D eigenvalue weighted by atomic mass is 16.6. The van der Waals surface area contributed by atoms with Crippen molar-refractivity contribution in [1.29, 1.82) is 0 Å². The standard InChI is InChI=1S/C19H28O3/c1-17-7-6-14-12(13(17)3-4-15(17)21)9-16-19(22-16)10-11(20)5-8-18(14,19)2/h12-16,21H,3-10H2,1-2H3/t12-,13-,14+,15?,16?,17-,18+,19?/m0/s1. The van der Waals surface area contributed by atoms with Gasteiger partial charge in [0.1, 0.15) is 11.4 Å². The van der Waals surface area contributed by atoms with E-state index in [1.54, 1.807) is 0 Å². The first-order valence-electron chi connectivity index (χ1n) is 9.28. The van der Waals surface area contributed by atoms with Crippen LogP contribution in [0.4, 0.5) is 0 Å². The number of epoxide rings is 1. The molecule has 0 amide bonds. The molecule has 3 nitrogen and oxygen atoms in total. The summed E-state index contributed by atoms with van der Waals surface area (Å²) < 4.78 is 6.26. The number of ether oxygens (including phenoxy) is 1. The van der Waals surface area contributed by atoms with E-state index in [1.807, 2.05) is 0 Å². The van der Waals surface area contributed by atoms with Crippen molar-refractivity contribution in [3.8, 4) is 0 Å². The van der Waals surface area contributed by atoms with Gasteiger partial charge < -0.3 is 9.84 Å². The molecule has 122 valence electrons. The van der Waals surface area contributed by atoms with Crippen molar-refractivity contribution in [3.63, 3.8) is 0 Å². The Morgan fingerprint density at radius 1 is 1.14 bits per heavy atom. The summed E-state index contributed by atoms with van der Waals surface area (Å²) >= 11 is 0. The summed E-state index contributed by atoms with van der Waals surface area (Å²) in [6.45, 7) is 4.75. The monoisotopic (exact) mass is 304 g/mol. The number of carbonyl (C=O) groups is 1. The molecular formula is C19H28O3. The zero-order chi connectivity index (χ0) is 15.3. The van der Waals surface area contributed by atoms with E-state index >= 15 is 0 Å². The molecule has 3 unspecified atom stereocenters. The molecule has 3 heteroatoms. The Hall–Kier alpha value is -0.410. The van der Waals surface area contributed by atoms with Gasteiger partial charge in [-0.15, -0.1) is 0 Å². The number of rotatable bonds is 0. The molecule has 5 aliphatic rings. The van der Waals surface area contributed by atoms with Crippen molar-refractivity contribution in [3.05, 3.63) is 0 Å². The van der Waals surface area contributed by atoms with Gasteiger partial charge in [-0.2, -0.15) is 0 Å². The minimum absolute atomic E-state index is 0.103. The van der Waals surface area contributed by atoms with Crippen LogP contribution in [-0.4, -0.2) is 28.7 Å². The Kier molecular flexibility index (Phi) is 2.52. The van der Waals surface area contributed by atoms with Gasteiger partial charge in [0.05, 0.1) is 12.2 Å². The largest absolute Gasteiger partial charge is 0.393 e. The molecule has 22 heavy (non-hydrogen) atoms. The third-order valence-electron chi connectivity index (χ3n) is 8.86. The van der Waals surface area contributed by atoms with Crippen molar-refractivity contribution in [1.82, 2.24) is 0 Å². The van der Waals surface area contributed by atoms with Gasteiger partial charge in [0, 0.05) is 18.3 Å². The molecule has 5 rings (SSSR count). The molecule has 1 aliphatic heterocycles. The lowest BCUT2D eigenvalue weighted by molar-refractivity contribution is -0.137. The van der Waals surface area contributed by atoms with Crippen LogP contribution in [0.25, 0.3) is 0 Å². The fraction of sp³-hybridized carbons (Fsp3) is 0.947. The first kappa shape index (κ1) is 14.0. The molecular weight excluding hydrogens is 276 g/mol. The van der Waals surface area contributed by atoms with E-state index in [2.05, 4.69) is 13.8 Å². The first-order valence-corrected chi connectivity index (χ1v) is 9.28. The molecule has 4 saturated carbocycles. The maximum absolute atomic E-state index is 12.0. The summed E-state index contributed by atoms with van der Waals surface area (Å²) in [6, 6.07) is 0. The highest BCUT2D eigenvalue weighted by Gasteiger charge is 2.76. The van der Waals surface area contributed by atoms with E-state index in [4.69, 9.17) is 4.74 Å². The topological polar surface area (TPSA) is 49.8 Å². The Bertz CT molecular complexity index is 545. The average Bonchev–Trinajstić information content (AvgIpc) is 3.08. The predicted octanol–water partition coefficient (Wildman–Crippen LogP) is 3.09. The van der Waals surface area contributed by atoms with Gasteiger partial charge in [-0.05, 0) is 61.7 Å². The smallest absolute Gasteiger partial charge is 0.135 e. The Labute approximate surface area is 132 Å². The van der Waals surface area contributed by atoms with E-state index in [0.29, 0.717) is 36.1 Å². The van der Waals surface area contributed by atoms with Gasteiger partial charge in [-0.3, -0.25) is 4.79 Å². The van der Waals surface area contributed by atoms with Crippen LogP contribution in [0.15, 0.2) is 0 Å². The van der Waals surface area contributed by atoms with Crippen LogP contribution in [0.5, 0.6) is 0 Å². The first-order chi connectivity index (χ1) is 10.4. The molecule has 4 aliphatic carbocycles. The second kappa shape index (κ2) is 3.97. The van der Waals surface area contributed by atoms with Crippen molar-refractivity contribution in [2.24, 2.45) is 28.6 Å². The van der Waals surface area contributed by atoms with Gasteiger partial charge in [-0.1, -0.05) is 13.8 Å². The summed E-state index contributed by atoms with van der Waals surface area (Å²) in [5.41, 5.74) is 0.231. The third kappa shape index (κ3) is 1.40. The van der Waals surface area contributed by atoms with Crippen molar-refractivity contribution in [2.45, 2.75) is 83.0 Å². The zero-order valence-electron chi connectivity index (χ0n) is 13.8. The van der Waals surface area contributed by atoms with Crippen LogP contribution in [0.1, 0.15) is 65.2 Å². The van der Waals surface area contributed by atoms with Gasteiger partial charge >= 0.3 is 0 Å². The van der Waals surface area contributed by atoms with E-state index in [-0.39, 0.29) is 22.5 Å². The van der Waals surface area contributed by atoms with Crippen LogP contribution < -0.4 is 0 Å². The quantitative estimate of drug-likeness (QED) is 0.700. The number of fused-ring (bicyclic) bond motifs is 4. The van der Waals surface area contributed by atoms with E-state index in [9.17, 15) is 9.90 Å². The molecule has 1 N–H and O–H groups in total. The molecule has 8 atom stereocenters. The minimum Gasteiger partial charge on any atom is -0.393 e. The predicted molar refractivity (Wildman–Crippen MR) is 82.2 cm³/mol. The van der Waals surface area contributed by atoms with E-state index in [1.165, 1.54) is 12.8 Å². The summed E-state index contributed by atoms with van der Waals surface area (Å²) in [7, 11) is 0. The Morgan fingerprint density at radius 3 is 2.77 bits per heavy atom. The van der Waals surface area contributed by atoms with Crippen LogP contribution in [0, 0.1) is 28.6 Å². The maximum Gasteiger partial charge on any atom is 0.135 e. The summed E-state index contributed by atoms with van der Waals surface area (Å²) in [6.07, 6.45) is 8.35. The second-order valence-electron chi connectivity index (χ2n) is 9.38. The summed E-state index contributed by atoms with van der Waals surface area (Å²) in [4.78, 5) is 12.0. The van der Waals surface area contributed by atoms with E-state index < -0.39 is 0 Å². The molecule has 1 spiro atoms. The number of aliphatic hydroxyl groups is 1. The maximum atomic E-state index is 12.0. The molecule has 0 aromatic rings. The molecule has 0 bridgehead atoms. The molecule has 5 fully saturated rings. The molecule has 1 heterocycles. The number of hydrogen-bond acceptors (Lipinski definition) is 3. The highest BCUT2D eigenvalue weighted by Crippen LogP contribution is 2.72. The molecule has 0 radical (unpaired) electrons. The van der Waals surface area contributed by atoms with Crippen LogP contribution >= 0.6 is 0 Å². The van der Waals surface area contributed by atoms with Crippen molar-refractivity contribution >= 4 is 5.78 Å². The number of carbonyl (C=O) groups excluding carboxylic acids is 1. The van der Waals surface area contributed by atoms with Crippen molar-refractivity contribution < 1.29 is 14.6 Å². The lowest BCUT2D eigenvalue weighted by Crippen LogP contribution is -2.58. The zero-order valence-corrected chi connectivity index (χ0v) is 13.8. The Balaban J connectivity index is 1.53. The van der Waals surface area contributed by atoms with Gasteiger partial charge in [0.2, 0.25) is 0 Å². The van der Waals surface area contributed by atoms with E-state index in [0.717, 1.165) is 32.1 Å². The minimum atomic E-state index is -0.106. The fourth-order valence-electron chi connectivity index (χ4n) is 7.44. The number of ketones is 1. The second-order valence-corrected chi connectivity index (χ2v) is 9.38. The Morgan fingerprint density at radius 2 is 1.95 bits per heavy atom. The average molecular weight is 304 g/mol. The normalized spacial score (nSPS) is 62.7.